The third-order valence-electron chi connectivity index (χ3n) is 3.37. The van der Waals surface area contributed by atoms with E-state index in [1.165, 1.54) is 16.8 Å². The molecule has 0 saturated carbocycles. The predicted octanol–water partition coefficient (Wildman–Crippen LogP) is 2.20. The molecular formula is C13H16N2O3S. The number of hydrogen-bond acceptors (Lipinski definition) is 4. The molecule has 2 aromatic rings. The first-order valence-electron chi connectivity index (χ1n) is 6.04. The van der Waals surface area contributed by atoms with Crippen molar-refractivity contribution in [3.8, 4) is 0 Å². The van der Waals surface area contributed by atoms with Crippen LogP contribution in [-0.2, 0) is 17.6 Å². The van der Waals surface area contributed by atoms with Gasteiger partial charge in [0.25, 0.3) is 12.0 Å². The highest BCUT2D eigenvalue weighted by molar-refractivity contribution is 7.18. The average Bonchev–Trinajstić information content (AvgIpc) is 2.67. The number of carbonyl (C=O) groups is 1. The lowest BCUT2D eigenvalue weighted by molar-refractivity contribution is -0.122. The number of fused-ring (bicyclic) bond motifs is 3. The van der Waals surface area contributed by atoms with Gasteiger partial charge in [0.15, 0.2) is 0 Å². The van der Waals surface area contributed by atoms with E-state index in [2.05, 4.69) is 23.8 Å². The molecule has 0 atom stereocenters. The first-order valence-corrected chi connectivity index (χ1v) is 6.86. The molecule has 0 fully saturated rings. The van der Waals surface area contributed by atoms with Crippen LogP contribution >= 0.6 is 11.3 Å². The van der Waals surface area contributed by atoms with Crippen LogP contribution in [0.2, 0.25) is 0 Å². The van der Waals surface area contributed by atoms with Crippen molar-refractivity contribution in [2.45, 2.75) is 33.1 Å². The Bertz CT molecular complexity index is 657. The van der Waals surface area contributed by atoms with Crippen molar-refractivity contribution in [2.75, 3.05) is 0 Å². The van der Waals surface area contributed by atoms with Gasteiger partial charge in [-0.25, -0.2) is 4.98 Å². The topological polar surface area (TPSA) is 83.0 Å². The van der Waals surface area contributed by atoms with E-state index in [4.69, 9.17) is 9.90 Å². The van der Waals surface area contributed by atoms with E-state index >= 15 is 0 Å². The van der Waals surface area contributed by atoms with Crippen molar-refractivity contribution in [3.05, 3.63) is 27.1 Å². The van der Waals surface area contributed by atoms with E-state index in [1.807, 2.05) is 0 Å². The Balaban J connectivity index is 0.000000408. The van der Waals surface area contributed by atoms with Crippen LogP contribution < -0.4 is 5.56 Å². The summed E-state index contributed by atoms with van der Waals surface area (Å²) < 4.78 is 0. The SMILES string of the molecule is CC1(C)CCc2c(sc3nc[nH]c(=O)c23)C1.O=CO. The maximum atomic E-state index is 11.8. The van der Waals surface area contributed by atoms with Crippen LogP contribution in [0.25, 0.3) is 10.2 Å². The fraction of sp³-hybridized carbons (Fsp3) is 0.462. The molecule has 1 aliphatic carbocycles. The van der Waals surface area contributed by atoms with Gasteiger partial charge in [-0.1, -0.05) is 13.8 Å². The summed E-state index contributed by atoms with van der Waals surface area (Å²) in [7, 11) is 0. The molecule has 0 aliphatic heterocycles. The number of H-pyrrole nitrogens is 1. The van der Waals surface area contributed by atoms with E-state index in [9.17, 15) is 4.79 Å². The standard InChI is InChI=1S/C12H14N2OS.CH2O2/c1-12(2)4-3-7-8(5-12)16-11-9(7)10(15)13-6-14-11;2-1-3/h6H,3-5H2,1-2H3,(H,13,14,15);1H,(H,2,3). The molecule has 0 saturated heterocycles. The fourth-order valence-electron chi connectivity index (χ4n) is 2.44. The number of rotatable bonds is 0. The maximum Gasteiger partial charge on any atom is 0.290 e. The molecule has 0 unspecified atom stereocenters. The molecule has 2 N–H and O–H groups in total. The zero-order valence-corrected chi connectivity index (χ0v) is 11.7. The van der Waals surface area contributed by atoms with E-state index < -0.39 is 0 Å². The molecule has 19 heavy (non-hydrogen) atoms. The molecule has 1 aliphatic rings. The minimum atomic E-state index is -0.250. The smallest absolute Gasteiger partial charge is 0.290 e. The molecule has 3 rings (SSSR count). The van der Waals surface area contributed by atoms with Crippen molar-refractivity contribution in [3.63, 3.8) is 0 Å². The lowest BCUT2D eigenvalue weighted by Crippen LogP contribution is -2.21. The van der Waals surface area contributed by atoms with Crippen molar-refractivity contribution in [1.29, 1.82) is 0 Å². The van der Waals surface area contributed by atoms with E-state index in [1.54, 1.807) is 11.3 Å². The molecule has 0 radical (unpaired) electrons. The predicted molar refractivity (Wildman–Crippen MR) is 74.7 cm³/mol. The lowest BCUT2D eigenvalue weighted by Gasteiger charge is -2.29. The Labute approximate surface area is 114 Å². The average molecular weight is 280 g/mol. The summed E-state index contributed by atoms with van der Waals surface area (Å²) in [5, 5.41) is 7.72. The number of thiophene rings is 1. The van der Waals surface area contributed by atoms with E-state index in [-0.39, 0.29) is 12.0 Å². The number of nitrogens with one attached hydrogen (secondary N) is 1. The third-order valence-corrected chi connectivity index (χ3v) is 4.51. The highest BCUT2D eigenvalue weighted by Gasteiger charge is 2.29. The van der Waals surface area contributed by atoms with Crippen LogP contribution in [0.3, 0.4) is 0 Å². The molecule has 0 amide bonds. The molecule has 0 aromatic carbocycles. The van der Waals surface area contributed by atoms with Gasteiger partial charge in [0.2, 0.25) is 0 Å². The van der Waals surface area contributed by atoms with Gasteiger partial charge in [0.1, 0.15) is 4.83 Å². The number of aromatic nitrogens is 2. The van der Waals surface area contributed by atoms with Crippen LogP contribution in [0.1, 0.15) is 30.7 Å². The number of hydrogen-bond donors (Lipinski definition) is 2. The second-order valence-electron chi connectivity index (χ2n) is 5.36. The van der Waals surface area contributed by atoms with Crippen LogP contribution in [-0.4, -0.2) is 21.5 Å². The van der Waals surface area contributed by atoms with Gasteiger partial charge in [-0.3, -0.25) is 9.59 Å². The molecule has 2 heterocycles. The van der Waals surface area contributed by atoms with E-state index in [0.29, 0.717) is 5.41 Å². The summed E-state index contributed by atoms with van der Waals surface area (Å²) in [5.74, 6) is 0. The minimum Gasteiger partial charge on any atom is -0.483 e. The van der Waals surface area contributed by atoms with Gasteiger partial charge in [0, 0.05) is 4.88 Å². The quantitative estimate of drug-likeness (QED) is 0.725. The van der Waals surface area contributed by atoms with Crippen molar-refractivity contribution in [2.24, 2.45) is 5.41 Å². The summed E-state index contributed by atoms with van der Waals surface area (Å²) in [6.45, 7) is 4.33. The van der Waals surface area contributed by atoms with Gasteiger partial charge >= 0.3 is 0 Å². The summed E-state index contributed by atoms with van der Waals surface area (Å²) in [6.07, 6.45) is 4.73. The van der Waals surface area contributed by atoms with Crippen LogP contribution in [0.15, 0.2) is 11.1 Å². The van der Waals surface area contributed by atoms with Crippen molar-refractivity contribution >= 4 is 28.0 Å². The fourth-order valence-corrected chi connectivity index (χ4v) is 3.89. The molecule has 0 spiro atoms. The number of aryl methyl sites for hydroxylation is 1. The van der Waals surface area contributed by atoms with Crippen molar-refractivity contribution < 1.29 is 9.90 Å². The normalized spacial score (nSPS) is 16.3. The largest absolute Gasteiger partial charge is 0.483 e. The van der Waals surface area contributed by atoms with Gasteiger partial charge in [-0.05, 0) is 30.2 Å². The Morgan fingerprint density at radius 2 is 2.21 bits per heavy atom. The lowest BCUT2D eigenvalue weighted by atomic mass is 9.77. The van der Waals surface area contributed by atoms with Crippen LogP contribution in [0.5, 0.6) is 0 Å². The molecule has 5 nitrogen and oxygen atoms in total. The van der Waals surface area contributed by atoms with E-state index in [0.717, 1.165) is 29.5 Å². The summed E-state index contributed by atoms with van der Waals surface area (Å²) in [4.78, 5) is 29.3. The van der Waals surface area contributed by atoms with Gasteiger partial charge in [-0.15, -0.1) is 11.3 Å². The Morgan fingerprint density at radius 3 is 2.89 bits per heavy atom. The van der Waals surface area contributed by atoms with Gasteiger partial charge in [-0.2, -0.15) is 0 Å². The summed E-state index contributed by atoms with van der Waals surface area (Å²) >= 11 is 1.69. The third kappa shape index (κ3) is 2.68. The Kier molecular flexibility index (Phi) is 3.71. The minimum absolute atomic E-state index is 0.0159. The zero-order chi connectivity index (χ0) is 14.0. The monoisotopic (exact) mass is 280 g/mol. The Morgan fingerprint density at radius 1 is 1.53 bits per heavy atom. The maximum absolute atomic E-state index is 11.8. The highest BCUT2D eigenvalue weighted by atomic mass is 32.1. The number of carboxylic acid groups (broad SMARTS) is 1. The van der Waals surface area contributed by atoms with Crippen LogP contribution in [0, 0.1) is 5.41 Å². The molecule has 102 valence electrons. The summed E-state index contributed by atoms with van der Waals surface area (Å²) in [5.41, 5.74) is 1.62. The molecule has 2 aromatic heterocycles. The molecule has 6 heteroatoms. The molecule has 0 bridgehead atoms. The zero-order valence-electron chi connectivity index (χ0n) is 10.9. The van der Waals surface area contributed by atoms with Gasteiger partial charge in [0.05, 0.1) is 11.7 Å². The number of aromatic amines is 1. The van der Waals surface area contributed by atoms with Crippen molar-refractivity contribution in [1.82, 2.24) is 9.97 Å². The summed E-state index contributed by atoms with van der Waals surface area (Å²) in [6, 6.07) is 0. The first-order chi connectivity index (χ1) is 8.98. The second-order valence-corrected chi connectivity index (χ2v) is 6.45. The Hall–Kier alpha value is -1.69. The van der Waals surface area contributed by atoms with Gasteiger partial charge < -0.3 is 10.1 Å². The second kappa shape index (κ2) is 5.13. The van der Waals surface area contributed by atoms with Crippen LogP contribution in [0.4, 0.5) is 0 Å². The highest BCUT2D eigenvalue weighted by Crippen LogP contribution is 2.40. The number of nitrogens with zero attached hydrogens (tertiary/aromatic N) is 1. The molecular weight excluding hydrogens is 264 g/mol. The first kappa shape index (κ1) is 13.7.